The summed E-state index contributed by atoms with van der Waals surface area (Å²) in [7, 11) is 0. The summed E-state index contributed by atoms with van der Waals surface area (Å²) < 4.78 is 1.92. The zero-order chi connectivity index (χ0) is 15.1. The lowest BCUT2D eigenvalue weighted by Crippen LogP contribution is -2.65. The maximum Gasteiger partial charge on any atom is 0.244 e. The number of aromatic nitrogens is 2. The number of fused-ring (bicyclic) bond motifs is 2. The average Bonchev–Trinajstić information content (AvgIpc) is 3.01. The molecule has 1 atom stereocenters. The quantitative estimate of drug-likeness (QED) is 0.810. The minimum Gasteiger partial charge on any atom is -0.345 e. The van der Waals surface area contributed by atoms with Gasteiger partial charge in [-0.2, -0.15) is 5.10 Å². The highest BCUT2D eigenvalue weighted by molar-refractivity contribution is 5.95. The molecule has 2 aliphatic heterocycles. The molecule has 2 amide bonds. The molecule has 1 N–H and O–H groups in total. The molecule has 2 aromatic heterocycles. The van der Waals surface area contributed by atoms with Crippen molar-refractivity contribution in [3.05, 3.63) is 36.2 Å². The number of rotatable bonds is 2. The van der Waals surface area contributed by atoms with Crippen LogP contribution in [0, 0.1) is 0 Å². The Morgan fingerprint density at radius 2 is 2.14 bits per heavy atom. The van der Waals surface area contributed by atoms with Crippen molar-refractivity contribution in [2.24, 2.45) is 0 Å². The average molecular weight is 299 g/mol. The second-order valence-corrected chi connectivity index (χ2v) is 5.74. The Hall–Kier alpha value is -2.41. The van der Waals surface area contributed by atoms with Crippen molar-refractivity contribution in [1.82, 2.24) is 24.7 Å². The van der Waals surface area contributed by atoms with Gasteiger partial charge in [-0.05, 0) is 18.2 Å². The van der Waals surface area contributed by atoms with Crippen LogP contribution in [-0.2, 0) is 16.1 Å². The number of nitrogens with zero attached hydrogens (tertiary/aromatic N) is 4. The smallest absolute Gasteiger partial charge is 0.244 e. The van der Waals surface area contributed by atoms with Crippen LogP contribution < -0.4 is 5.32 Å². The molecule has 4 heterocycles. The molecular formula is C15H17N5O2. The number of hydrogen-bond acceptors (Lipinski definition) is 4. The van der Waals surface area contributed by atoms with Crippen LogP contribution in [0.25, 0.3) is 5.52 Å². The summed E-state index contributed by atoms with van der Waals surface area (Å²) in [6, 6.07) is 7.67. The summed E-state index contributed by atoms with van der Waals surface area (Å²) in [5.41, 5.74) is 2.14. The fourth-order valence-corrected chi connectivity index (χ4v) is 3.24. The van der Waals surface area contributed by atoms with Gasteiger partial charge in [-0.25, -0.2) is 4.52 Å². The minimum atomic E-state index is -0.369. The van der Waals surface area contributed by atoms with E-state index in [1.54, 1.807) is 11.1 Å². The van der Waals surface area contributed by atoms with E-state index < -0.39 is 0 Å². The van der Waals surface area contributed by atoms with Crippen molar-refractivity contribution in [1.29, 1.82) is 0 Å². The molecule has 2 saturated heterocycles. The summed E-state index contributed by atoms with van der Waals surface area (Å²) in [4.78, 5) is 27.8. The van der Waals surface area contributed by atoms with E-state index >= 15 is 0 Å². The van der Waals surface area contributed by atoms with Crippen LogP contribution in [0.3, 0.4) is 0 Å². The molecule has 0 aromatic carbocycles. The normalized spacial score (nSPS) is 22.7. The molecular weight excluding hydrogens is 282 g/mol. The molecule has 0 spiro atoms. The lowest BCUT2D eigenvalue weighted by Gasteiger charge is -2.42. The molecule has 7 nitrogen and oxygen atoms in total. The van der Waals surface area contributed by atoms with E-state index in [9.17, 15) is 9.59 Å². The number of piperazine rings is 2. The van der Waals surface area contributed by atoms with E-state index in [0.29, 0.717) is 19.6 Å². The molecule has 1 unspecified atom stereocenters. The highest BCUT2D eigenvalue weighted by Gasteiger charge is 2.38. The molecule has 0 radical (unpaired) electrons. The minimum absolute atomic E-state index is 0.0124. The van der Waals surface area contributed by atoms with E-state index in [0.717, 1.165) is 17.8 Å². The van der Waals surface area contributed by atoms with E-state index in [1.807, 2.05) is 28.8 Å². The van der Waals surface area contributed by atoms with Crippen LogP contribution in [0.5, 0.6) is 0 Å². The Kier molecular flexibility index (Phi) is 3.07. The Morgan fingerprint density at radius 1 is 1.23 bits per heavy atom. The van der Waals surface area contributed by atoms with Crippen molar-refractivity contribution in [3.63, 3.8) is 0 Å². The van der Waals surface area contributed by atoms with E-state index in [1.165, 1.54) is 0 Å². The van der Waals surface area contributed by atoms with Crippen LogP contribution in [0.15, 0.2) is 30.5 Å². The molecule has 0 aliphatic carbocycles. The number of carbonyl (C=O) groups excluding carboxylic acids is 2. The SMILES string of the molecule is O=C1NCC(=O)N2CCN(Cc3cccc4ccnn34)CC12. The topological polar surface area (TPSA) is 70.0 Å². The van der Waals surface area contributed by atoms with Crippen molar-refractivity contribution >= 4 is 17.3 Å². The molecule has 22 heavy (non-hydrogen) atoms. The number of amides is 2. The van der Waals surface area contributed by atoms with Crippen molar-refractivity contribution in [3.8, 4) is 0 Å². The predicted molar refractivity (Wildman–Crippen MR) is 79.0 cm³/mol. The number of pyridine rings is 1. The first kappa shape index (κ1) is 13.3. The Bertz CT molecular complexity index is 740. The lowest BCUT2D eigenvalue weighted by atomic mass is 10.1. The fraction of sp³-hybridized carbons (Fsp3) is 0.400. The highest BCUT2D eigenvalue weighted by atomic mass is 16.2. The molecule has 2 aromatic rings. The lowest BCUT2D eigenvalue weighted by molar-refractivity contribution is -0.149. The van der Waals surface area contributed by atoms with Crippen LogP contribution in [0.1, 0.15) is 5.69 Å². The van der Waals surface area contributed by atoms with Crippen LogP contribution in [0.4, 0.5) is 0 Å². The summed E-state index contributed by atoms with van der Waals surface area (Å²) in [6.07, 6.45) is 1.78. The molecule has 0 saturated carbocycles. The highest BCUT2D eigenvalue weighted by Crippen LogP contribution is 2.16. The predicted octanol–water partition coefficient (Wildman–Crippen LogP) is -0.523. The van der Waals surface area contributed by atoms with E-state index in [4.69, 9.17) is 0 Å². The largest absolute Gasteiger partial charge is 0.345 e. The van der Waals surface area contributed by atoms with E-state index in [-0.39, 0.29) is 24.4 Å². The molecule has 2 fully saturated rings. The number of carbonyl (C=O) groups is 2. The third kappa shape index (κ3) is 2.14. The fourth-order valence-electron chi connectivity index (χ4n) is 3.24. The Labute approximate surface area is 127 Å². The first-order valence-electron chi connectivity index (χ1n) is 7.43. The summed E-state index contributed by atoms with van der Waals surface area (Å²) >= 11 is 0. The van der Waals surface area contributed by atoms with Gasteiger partial charge in [-0.3, -0.25) is 14.5 Å². The van der Waals surface area contributed by atoms with Gasteiger partial charge < -0.3 is 10.2 Å². The van der Waals surface area contributed by atoms with Gasteiger partial charge in [0, 0.05) is 32.4 Å². The third-order valence-electron chi connectivity index (χ3n) is 4.39. The maximum absolute atomic E-state index is 12.0. The zero-order valence-electron chi connectivity index (χ0n) is 12.1. The zero-order valence-corrected chi connectivity index (χ0v) is 12.1. The van der Waals surface area contributed by atoms with Crippen LogP contribution in [-0.4, -0.2) is 63.4 Å². The van der Waals surface area contributed by atoms with Gasteiger partial charge in [-0.1, -0.05) is 6.07 Å². The summed E-state index contributed by atoms with van der Waals surface area (Å²) in [6.45, 7) is 2.78. The van der Waals surface area contributed by atoms with Gasteiger partial charge >= 0.3 is 0 Å². The summed E-state index contributed by atoms with van der Waals surface area (Å²) in [5.74, 6) is -0.0416. The van der Waals surface area contributed by atoms with Crippen molar-refractivity contribution < 1.29 is 9.59 Å². The van der Waals surface area contributed by atoms with Gasteiger partial charge in [0.25, 0.3) is 0 Å². The molecule has 4 rings (SSSR count). The van der Waals surface area contributed by atoms with Gasteiger partial charge in [0.1, 0.15) is 6.04 Å². The van der Waals surface area contributed by atoms with Gasteiger partial charge in [0.2, 0.25) is 11.8 Å². The Morgan fingerprint density at radius 3 is 3.05 bits per heavy atom. The first-order valence-corrected chi connectivity index (χ1v) is 7.43. The first-order chi connectivity index (χ1) is 10.7. The molecule has 7 heteroatoms. The summed E-state index contributed by atoms with van der Waals surface area (Å²) in [5, 5.41) is 7.01. The number of nitrogens with one attached hydrogen (secondary N) is 1. The second kappa shape index (κ2) is 5.10. The standard InChI is InChI=1S/C15H17N5O2/c21-14-8-16-15(22)13-10-18(6-7-19(13)14)9-12-3-1-2-11-4-5-17-20(11)12/h1-5,13H,6-10H2,(H,16,22). The third-order valence-corrected chi connectivity index (χ3v) is 4.39. The number of hydrogen-bond donors (Lipinski definition) is 1. The van der Waals surface area contributed by atoms with E-state index in [2.05, 4.69) is 15.3 Å². The van der Waals surface area contributed by atoms with Crippen LogP contribution >= 0.6 is 0 Å². The molecule has 0 bridgehead atoms. The van der Waals surface area contributed by atoms with Crippen molar-refractivity contribution in [2.45, 2.75) is 12.6 Å². The van der Waals surface area contributed by atoms with Gasteiger partial charge in [0.15, 0.2) is 0 Å². The Balaban J connectivity index is 1.54. The molecule has 2 aliphatic rings. The monoisotopic (exact) mass is 299 g/mol. The van der Waals surface area contributed by atoms with Gasteiger partial charge in [0.05, 0.1) is 17.8 Å². The van der Waals surface area contributed by atoms with Gasteiger partial charge in [-0.15, -0.1) is 0 Å². The second-order valence-electron chi connectivity index (χ2n) is 5.74. The van der Waals surface area contributed by atoms with Crippen molar-refractivity contribution in [2.75, 3.05) is 26.2 Å². The van der Waals surface area contributed by atoms with Crippen LogP contribution in [0.2, 0.25) is 0 Å². The maximum atomic E-state index is 12.0. The molecule has 114 valence electrons.